The minimum atomic E-state index is 0.873. The zero-order chi connectivity index (χ0) is 15.6. The maximum absolute atomic E-state index is 5.22. The van der Waals surface area contributed by atoms with Gasteiger partial charge >= 0.3 is 0 Å². The molecule has 0 bridgehead atoms. The normalized spacial score (nSPS) is 10.8. The van der Waals surface area contributed by atoms with Gasteiger partial charge in [-0.05, 0) is 53.6 Å². The van der Waals surface area contributed by atoms with E-state index in [0.29, 0.717) is 0 Å². The Morgan fingerprint density at radius 3 is 2.48 bits per heavy atom. The molecule has 0 unspecified atom stereocenters. The first kappa shape index (κ1) is 13.6. The van der Waals surface area contributed by atoms with Gasteiger partial charge < -0.3 is 9.30 Å². The summed E-state index contributed by atoms with van der Waals surface area (Å²) in [5, 5.41) is 1.21. The van der Waals surface area contributed by atoms with Crippen molar-refractivity contribution in [2.75, 3.05) is 7.11 Å². The second kappa shape index (κ2) is 5.61. The van der Waals surface area contributed by atoms with Crippen molar-refractivity contribution >= 4 is 10.9 Å². The first-order chi connectivity index (χ1) is 11.3. The van der Waals surface area contributed by atoms with Gasteiger partial charge in [-0.3, -0.25) is 4.98 Å². The summed E-state index contributed by atoms with van der Waals surface area (Å²) in [6.45, 7) is 0. The molecule has 0 saturated carbocycles. The summed E-state index contributed by atoms with van der Waals surface area (Å²) in [6, 6.07) is 20.8. The van der Waals surface area contributed by atoms with Crippen LogP contribution in [0.1, 0.15) is 0 Å². The number of pyridine rings is 1. The summed E-state index contributed by atoms with van der Waals surface area (Å²) in [6.07, 6.45) is 5.74. The van der Waals surface area contributed by atoms with Crippen LogP contribution in [0.3, 0.4) is 0 Å². The van der Waals surface area contributed by atoms with Crippen molar-refractivity contribution in [3.63, 3.8) is 0 Å². The van der Waals surface area contributed by atoms with Crippen LogP contribution in [-0.4, -0.2) is 16.7 Å². The van der Waals surface area contributed by atoms with Gasteiger partial charge in [-0.2, -0.15) is 0 Å². The number of ether oxygens (including phenoxy) is 1. The van der Waals surface area contributed by atoms with E-state index in [-0.39, 0.29) is 0 Å². The highest BCUT2D eigenvalue weighted by atomic mass is 16.5. The molecule has 23 heavy (non-hydrogen) atoms. The van der Waals surface area contributed by atoms with Gasteiger partial charge in [-0.25, -0.2) is 0 Å². The van der Waals surface area contributed by atoms with Crippen LogP contribution in [0, 0.1) is 0 Å². The predicted molar refractivity (Wildman–Crippen MR) is 93.1 cm³/mol. The number of methoxy groups -OCH3 is 1. The Balaban J connectivity index is 1.77. The Morgan fingerprint density at radius 2 is 1.74 bits per heavy atom. The van der Waals surface area contributed by atoms with Crippen LogP contribution < -0.4 is 4.74 Å². The number of hydrogen-bond donors (Lipinski definition) is 0. The van der Waals surface area contributed by atoms with E-state index in [1.165, 1.54) is 22.0 Å². The fraction of sp³-hybridized carbons (Fsp3) is 0.0500. The third-order valence-corrected chi connectivity index (χ3v) is 4.04. The minimum Gasteiger partial charge on any atom is -0.497 e. The van der Waals surface area contributed by atoms with E-state index in [1.54, 1.807) is 13.3 Å². The Kier molecular flexibility index (Phi) is 3.31. The molecule has 0 N–H and O–H groups in total. The van der Waals surface area contributed by atoms with Gasteiger partial charge in [0.2, 0.25) is 0 Å². The molecule has 4 aromatic rings. The number of rotatable bonds is 3. The molecule has 2 aromatic carbocycles. The molecule has 3 nitrogen and oxygen atoms in total. The number of benzene rings is 2. The maximum atomic E-state index is 5.22. The average molecular weight is 300 g/mol. The smallest absolute Gasteiger partial charge is 0.118 e. The molecule has 2 heterocycles. The van der Waals surface area contributed by atoms with Crippen LogP contribution in [0.25, 0.3) is 27.7 Å². The quantitative estimate of drug-likeness (QED) is 0.548. The summed E-state index contributed by atoms with van der Waals surface area (Å²) in [5.74, 6) is 0.873. The molecule has 0 amide bonds. The van der Waals surface area contributed by atoms with Crippen molar-refractivity contribution in [2.45, 2.75) is 0 Å². The summed E-state index contributed by atoms with van der Waals surface area (Å²) >= 11 is 0. The number of fused-ring (bicyclic) bond motifs is 1. The van der Waals surface area contributed by atoms with Gasteiger partial charge in [-0.1, -0.05) is 18.2 Å². The van der Waals surface area contributed by atoms with Gasteiger partial charge in [0, 0.05) is 17.8 Å². The van der Waals surface area contributed by atoms with Crippen LogP contribution in [0.4, 0.5) is 0 Å². The lowest BCUT2D eigenvalue weighted by Crippen LogP contribution is -1.91. The molecule has 0 atom stereocenters. The topological polar surface area (TPSA) is 27.1 Å². The Hall–Kier alpha value is -3.07. The first-order valence-electron chi connectivity index (χ1n) is 7.51. The molecular formula is C20H16N2O. The van der Waals surface area contributed by atoms with Crippen molar-refractivity contribution in [3.05, 3.63) is 79.3 Å². The summed E-state index contributed by atoms with van der Waals surface area (Å²) in [7, 11) is 1.68. The zero-order valence-electron chi connectivity index (χ0n) is 12.8. The standard InChI is InChI=1S/C20H16N2O/c1-23-19-7-4-15(5-8-19)16-6-9-20-17(13-16)10-12-22(20)18-3-2-11-21-14-18/h2-14H,1H3. The largest absolute Gasteiger partial charge is 0.497 e. The van der Waals surface area contributed by atoms with Crippen LogP contribution in [0.2, 0.25) is 0 Å². The van der Waals surface area contributed by atoms with Gasteiger partial charge in [0.25, 0.3) is 0 Å². The Bertz CT molecular complexity index is 940. The molecule has 0 fully saturated rings. The van der Waals surface area contributed by atoms with Crippen molar-refractivity contribution < 1.29 is 4.74 Å². The summed E-state index contributed by atoms with van der Waals surface area (Å²) in [4.78, 5) is 4.20. The van der Waals surface area contributed by atoms with Crippen LogP contribution in [0.5, 0.6) is 5.75 Å². The second-order valence-electron chi connectivity index (χ2n) is 5.40. The fourth-order valence-electron chi connectivity index (χ4n) is 2.83. The first-order valence-corrected chi connectivity index (χ1v) is 7.51. The molecule has 0 aliphatic carbocycles. The lowest BCUT2D eigenvalue weighted by molar-refractivity contribution is 0.415. The van der Waals surface area contributed by atoms with E-state index in [2.05, 4.69) is 58.2 Å². The van der Waals surface area contributed by atoms with Gasteiger partial charge in [0.1, 0.15) is 5.75 Å². The third-order valence-electron chi connectivity index (χ3n) is 4.04. The van der Waals surface area contributed by atoms with Gasteiger partial charge in [0.05, 0.1) is 24.5 Å². The zero-order valence-corrected chi connectivity index (χ0v) is 12.8. The molecule has 3 heteroatoms. The van der Waals surface area contributed by atoms with Gasteiger partial charge in [-0.15, -0.1) is 0 Å². The van der Waals surface area contributed by atoms with Crippen molar-refractivity contribution in [1.82, 2.24) is 9.55 Å². The van der Waals surface area contributed by atoms with Crippen molar-refractivity contribution in [3.8, 4) is 22.6 Å². The van der Waals surface area contributed by atoms with E-state index in [1.807, 2.05) is 24.4 Å². The number of aromatic nitrogens is 2. The second-order valence-corrected chi connectivity index (χ2v) is 5.40. The molecular weight excluding hydrogens is 284 g/mol. The highest BCUT2D eigenvalue weighted by Gasteiger charge is 2.05. The van der Waals surface area contributed by atoms with E-state index in [0.717, 1.165) is 11.4 Å². The Morgan fingerprint density at radius 1 is 0.913 bits per heavy atom. The van der Waals surface area contributed by atoms with Crippen LogP contribution in [0.15, 0.2) is 79.3 Å². The lowest BCUT2D eigenvalue weighted by Gasteiger charge is -2.07. The average Bonchev–Trinajstić information content (AvgIpc) is 3.06. The molecule has 0 radical (unpaired) electrons. The summed E-state index contributed by atoms with van der Waals surface area (Å²) in [5.41, 5.74) is 4.63. The molecule has 0 aliphatic rings. The number of nitrogens with zero attached hydrogens (tertiary/aromatic N) is 2. The van der Waals surface area contributed by atoms with E-state index >= 15 is 0 Å². The van der Waals surface area contributed by atoms with E-state index in [4.69, 9.17) is 4.74 Å². The van der Waals surface area contributed by atoms with E-state index < -0.39 is 0 Å². The monoisotopic (exact) mass is 300 g/mol. The van der Waals surface area contributed by atoms with Crippen molar-refractivity contribution in [2.24, 2.45) is 0 Å². The maximum Gasteiger partial charge on any atom is 0.118 e. The minimum absolute atomic E-state index is 0.873. The highest BCUT2D eigenvalue weighted by molar-refractivity contribution is 5.87. The fourth-order valence-corrected chi connectivity index (χ4v) is 2.83. The van der Waals surface area contributed by atoms with E-state index in [9.17, 15) is 0 Å². The molecule has 112 valence electrons. The molecule has 0 saturated heterocycles. The molecule has 4 rings (SSSR count). The summed E-state index contributed by atoms with van der Waals surface area (Å²) < 4.78 is 7.37. The molecule has 0 aliphatic heterocycles. The lowest BCUT2D eigenvalue weighted by atomic mass is 10.0. The highest BCUT2D eigenvalue weighted by Crippen LogP contribution is 2.28. The SMILES string of the molecule is COc1ccc(-c2ccc3c(ccn3-c3cccnc3)c2)cc1. The van der Waals surface area contributed by atoms with Gasteiger partial charge in [0.15, 0.2) is 0 Å². The molecule has 2 aromatic heterocycles. The molecule has 0 spiro atoms. The Labute approximate surface area is 134 Å². The third kappa shape index (κ3) is 2.46. The predicted octanol–water partition coefficient (Wildman–Crippen LogP) is 4.70. The number of hydrogen-bond acceptors (Lipinski definition) is 2. The van der Waals surface area contributed by atoms with Crippen LogP contribution >= 0.6 is 0 Å². The van der Waals surface area contributed by atoms with Crippen molar-refractivity contribution in [1.29, 1.82) is 0 Å². The van der Waals surface area contributed by atoms with Crippen LogP contribution in [-0.2, 0) is 0 Å².